The van der Waals surface area contributed by atoms with Gasteiger partial charge in [-0.3, -0.25) is 4.79 Å². The van der Waals surface area contributed by atoms with Crippen molar-refractivity contribution in [3.8, 4) is 0 Å². The van der Waals surface area contributed by atoms with E-state index in [1.807, 2.05) is 6.92 Å². The van der Waals surface area contributed by atoms with Crippen molar-refractivity contribution in [2.24, 2.45) is 0 Å². The van der Waals surface area contributed by atoms with E-state index in [9.17, 15) is 9.59 Å². The molecule has 1 saturated heterocycles. The molecule has 0 saturated carbocycles. The van der Waals surface area contributed by atoms with E-state index in [2.05, 4.69) is 0 Å². The second kappa shape index (κ2) is 5.16. The highest BCUT2D eigenvalue weighted by Gasteiger charge is 2.32. The van der Waals surface area contributed by atoms with Gasteiger partial charge in [0.05, 0.1) is 15.7 Å². The number of hydrogen-bond donors (Lipinski definition) is 0. The maximum atomic E-state index is 12.1. The number of rotatable bonds is 2. The summed E-state index contributed by atoms with van der Waals surface area (Å²) in [4.78, 5) is 26.7. The molecular formula is C12H12Cl2N2O2. The molecule has 2 rings (SSSR count). The lowest BCUT2D eigenvalue weighted by atomic mass is 10.2. The molecule has 0 atom stereocenters. The number of carbonyl (C=O) groups excluding carboxylic acids is 2. The fourth-order valence-corrected chi connectivity index (χ4v) is 2.15. The summed E-state index contributed by atoms with van der Waals surface area (Å²) in [6, 6.07) is 4.40. The van der Waals surface area contributed by atoms with Gasteiger partial charge in [-0.2, -0.15) is 0 Å². The quantitative estimate of drug-likeness (QED) is 0.838. The predicted molar refractivity (Wildman–Crippen MR) is 71.2 cm³/mol. The zero-order chi connectivity index (χ0) is 13.3. The van der Waals surface area contributed by atoms with Gasteiger partial charge in [0.2, 0.25) is 5.91 Å². The molecule has 3 amide bonds. The molecular weight excluding hydrogens is 275 g/mol. The third kappa shape index (κ3) is 2.31. The first-order valence-corrected chi connectivity index (χ1v) is 6.37. The highest BCUT2D eigenvalue weighted by atomic mass is 35.5. The summed E-state index contributed by atoms with van der Waals surface area (Å²) in [6.45, 7) is 2.91. The fraction of sp³-hybridized carbons (Fsp3) is 0.333. The van der Waals surface area contributed by atoms with E-state index in [4.69, 9.17) is 23.2 Å². The Morgan fingerprint density at radius 1 is 1.22 bits per heavy atom. The summed E-state index contributed by atoms with van der Waals surface area (Å²) in [5.41, 5.74) is 0.456. The van der Waals surface area contributed by atoms with Crippen LogP contribution in [0.1, 0.15) is 13.3 Å². The summed E-state index contributed by atoms with van der Waals surface area (Å²) in [5, 5.41) is 0.716. The third-order valence-electron chi connectivity index (χ3n) is 2.85. The van der Waals surface area contributed by atoms with E-state index in [1.165, 1.54) is 6.07 Å². The smallest absolute Gasteiger partial charge is 0.324 e. The molecule has 0 aliphatic carbocycles. The van der Waals surface area contributed by atoms with Crippen molar-refractivity contribution in [3.05, 3.63) is 28.2 Å². The van der Waals surface area contributed by atoms with E-state index in [1.54, 1.807) is 17.0 Å². The molecule has 0 unspecified atom stereocenters. The van der Waals surface area contributed by atoms with Crippen LogP contribution < -0.4 is 4.90 Å². The lowest BCUT2D eigenvalue weighted by Gasteiger charge is -2.33. The van der Waals surface area contributed by atoms with Crippen LogP contribution in [0.2, 0.25) is 10.0 Å². The Morgan fingerprint density at radius 3 is 2.56 bits per heavy atom. The van der Waals surface area contributed by atoms with Crippen molar-refractivity contribution in [2.75, 3.05) is 18.0 Å². The van der Waals surface area contributed by atoms with Crippen LogP contribution in [-0.2, 0) is 4.79 Å². The minimum absolute atomic E-state index is 0.219. The number of nitrogens with zero attached hydrogens (tertiary/aromatic N) is 2. The van der Waals surface area contributed by atoms with Crippen LogP contribution >= 0.6 is 23.2 Å². The summed E-state index contributed by atoms with van der Waals surface area (Å²) in [6.07, 6.45) is 0.319. The normalized spacial score (nSPS) is 16.4. The first-order chi connectivity index (χ1) is 8.54. The van der Waals surface area contributed by atoms with Crippen LogP contribution in [0, 0.1) is 0 Å². The van der Waals surface area contributed by atoms with Crippen molar-refractivity contribution in [2.45, 2.75) is 13.3 Å². The van der Waals surface area contributed by atoms with Gasteiger partial charge in [-0.15, -0.1) is 0 Å². The fourth-order valence-electron chi connectivity index (χ4n) is 1.86. The Balaban J connectivity index is 2.37. The minimum Gasteiger partial charge on any atom is -0.324 e. The average molecular weight is 287 g/mol. The standard InChI is InChI=1S/C12H12Cl2N2O2/c1-2-15-6-5-11(17)16(12(15)18)8-3-4-9(13)10(14)7-8/h3-4,7H,2,5-6H2,1H3. The number of carbonyl (C=O) groups is 2. The first-order valence-electron chi connectivity index (χ1n) is 5.61. The van der Waals surface area contributed by atoms with Crippen LogP contribution in [0.4, 0.5) is 10.5 Å². The van der Waals surface area contributed by atoms with Crippen LogP contribution in [0.5, 0.6) is 0 Å². The van der Waals surface area contributed by atoms with E-state index >= 15 is 0 Å². The Labute approximate surface area is 115 Å². The van der Waals surface area contributed by atoms with Gasteiger partial charge in [0.1, 0.15) is 0 Å². The lowest BCUT2D eigenvalue weighted by Crippen LogP contribution is -2.52. The second-order valence-electron chi connectivity index (χ2n) is 3.94. The molecule has 1 aliphatic heterocycles. The number of imide groups is 1. The molecule has 0 N–H and O–H groups in total. The topological polar surface area (TPSA) is 40.6 Å². The molecule has 4 nitrogen and oxygen atoms in total. The Morgan fingerprint density at radius 2 is 1.94 bits per heavy atom. The third-order valence-corrected chi connectivity index (χ3v) is 3.59. The highest BCUT2D eigenvalue weighted by Crippen LogP contribution is 2.29. The van der Waals surface area contributed by atoms with Gasteiger partial charge >= 0.3 is 6.03 Å². The van der Waals surface area contributed by atoms with E-state index in [-0.39, 0.29) is 11.9 Å². The van der Waals surface area contributed by atoms with Crippen molar-refractivity contribution < 1.29 is 9.59 Å². The molecule has 1 fully saturated rings. The molecule has 1 aromatic rings. The number of amides is 3. The number of hydrogen-bond acceptors (Lipinski definition) is 2. The van der Waals surface area contributed by atoms with Gasteiger partial charge in [0, 0.05) is 19.5 Å². The molecule has 0 spiro atoms. The Hall–Kier alpha value is -1.26. The molecule has 0 aromatic heterocycles. The SMILES string of the molecule is CCN1CCC(=O)N(c2ccc(Cl)c(Cl)c2)C1=O. The number of urea groups is 1. The minimum atomic E-state index is -0.313. The molecule has 0 radical (unpaired) electrons. The van der Waals surface area contributed by atoms with Crippen molar-refractivity contribution in [1.82, 2.24) is 4.90 Å². The van der Waals surface area contributed by atoms with Gasteiger partial charge in [-0.1, -0.05) is 23.2 Å². The Kier molecular flexibility index (Phi) is 3.78. The lowest BCUT2D eigenvalue weighted by molar-refractivity contribution is -0.119. The molecule has 1 aliphatic rings. The van der Waals surface area contributed by atoms with Gasteiger partial charge in [-0.25, -0.2) is 9.69 Å². The van der Waals surface area contributed by atoms with Crippen molar-refractivity contribution in [3.63, 3.8) is 0 Å². The van der Waals surface area contributed by atoms with Crippen LogP contribution in [-0.4, -0.2) is 29.9 Å². The van der Waals surface area contributed by atoms with Gasteiger partial charge in [-0.05, 0) is 25.1 Å². The van der Waals surface area contributed by atoms with Crippen LogP contribution in [0.25, 0.3) is 0 Å². The zero-order valence-electron chi connectivity index (χ0n) is 9.82. The first kappa shape index (κ1) is 13.2. The van der Waals surface area contributed by atoms with Gasteiger partial charge in [0.25, 0.3) is 0 Å². The number of anilines is 1. The van der Waals surface area contributed by atoms with E-state index in [0.717, 1.165) is 4.90 Å². The summed E-state index contributed by atoms with van der Waals surface area (Å²) < 4.78 is 0. The largest absolute Gasteiger partial charge is 0.331 e. The molecule has 0 bridgehead atoms. The van der Waals surface area contributed by atoms with Gasteiger partial charge < -0.3 is 4.90 Å². The van der Waals surface area contributed by atoms with Crippen molar-refractivity contribution >= 4 is 40.8 Å². The van der Waals surface area contributed by atoms with Crippen LogP contribution in [0.3, 0.4) is 0 Å². The molecule has 18 heavy (non-hydrogen) atoms. The monoisotopic (exact) mass is 286 g/mol. The summed E-state index contributed by atoms with van der Waals surface area (Å²) in [5.74, 6) is -0.219. The molecule has 1 aromatic carbocycles. The highest BCUT2D eigenvalue weighted by molar-refractivity contribution is 6.42. The Bertz CT molecular complexity index is 505. The number of benzene rings is 1. The summed E-state index contributed by atoms with van der Waals surface area (Å²) >= 11 is 11.7. The second-order valence-corrected chi connectivity index (χ2v) is 4.75. The van der Waals surface area contributed by atoms with Gasteiger partial charge in [0.15, 0.2) is 0 Å². The van der Waals surface area contributed by atoms with E-state index < -0.39 is 0 Å². The maximum absolute atomic E-state index is 12.1. The molecule has 6 heteroatoms. The predicted octanol–water partition coefficient (Wildman–Crippen LogP) is 3.17. The van der Waals surface area contributed by atoms with Crippen LogP contribution in [0.15, 0.2) is 18.2 Å². The molecule has 1 heterocycles. The summed E-state index contributed by atoms with van der Waals surface area (Å²) in [7, 11) is 0. The molecule has 96 valence electrons. The van der Waals surface area contributed by atoms with Crippen molar-refractivity contribution in [1.29, 1.82) is 0 Å². The maximum Gasteiger partial charge on any atom is 0.331 e. The average Bonchev–Trinajstić information content (AvgIpc) is 2.34. The number of halogens is 2. The zero-order valence-corrected chi connectivity index (χ0v) is 11.3. The van der Waals surface area contributed by atoms with E-state index in [0.29, 0.717) is 35.2 Å².